The molecule has 0 saturated carbocycles. The molecule has 2 rings (SSSR count). The number of nitrogen functional groups attached to an aromatic ring is 1. The first-order chi connectivity index (χ1) is 8.09. The SMILES string of the molecule is Nc1nc(-c2ccccc2Br)ccc1[N+](=O)[O-]. The largest absolute Gasteiger partial charge is 0.378 e. The van der Waals surface area contributed by atoms with Crippen molar-refractivity contribution in [2.75, 3.05) is 5.73 Å². The van der Waals surface area contributed by atoms with Crippen molar-refractivity contribution in [2.45, 2.75) is 0 Å². The Morgan fingerprint density at radius 1 is 1.24 bits per heavy atom. The standard InChI is InChI=1S/C11H8BrN3O2/c12-8-4-2-1-3-7(8)9-5-6-10(15(16)17)11(13)14-9/h1-6H,(H2,13,14). The van der Waals surface area contributed by atoms with Crippen LogP contribution in [0.4, 0.5) is 11.5 Å². The van der Waals surface area contributed by atoms with E-state index in [9.17, 15) is 10.1 Å². The lowest BCUT2D eigenvalue weighted by atomic mass is 10.1. The molecule has 2 N–H and O–H groups in total. The van der Waals surface area contributed by atoms with Gasteiger partial charge in [-0.3, -0.25) is 10.1 Å². The molecule has 0 unspecified atom stereocenters. The molecular weight excluding hydrogens is 286 g/mol. The van der Waals surface area contributed by atoms with Gasteiger partial charge in [0.05, 0.1) is 10.6 Å². The second kappa shape index (κ2) is 4.50. The van der Waals surface area contributed by atoms with Gasteiger partial charge in [-0.15, -0.1) is 0 Å². The summed E-state index contributed by atoms with van der Waals surface area (Å²) < 4.78 is 0.862. The van der Waals surface area contributed by atoms with Crippen LogP contribution in [-0.4, -0.2) is 9.91 Å². The van der Waals surface area contributed by atoms with Gasteiger partial charge in [-0.1, -0.05) is 34.1 Å². The predicted molar refractivity (Wildman–Crippen MR) is 68.4 cm³/mol. The Hall–Kier alpha value is -1.95. The number of nitro groups is 1. The molecule has 0 aliphatic carbocycles. The monoisotopic (exact) mass is 293 g/mol. The van der Waals surface area contributed by atoms with Crippen LogP contribution in [0.5, 0.6) is 0 Å². The summed E-state index contributed by atoms with van der Waals surface area (Å²) in [4.78, 5) is 14.1. The van der Waals surface area contributed by atoms with Crippen LogP contribution >= 0.6 is 15.9 Å². The molecule has 1 aromatic carbocycles. The first kappa shape index (κ1) is 11.5. The average Bonchev–Trinajstić information content (AvgIpc) is 2.29. The molecule has 0 bridgehead atoms. The maximum absolute atomic E-state index is 10.6. The van der Waals surface area contributed by atoms with Gasteiger partial charge >= 0.3 is 5.69 Å². The van der Waals surface area contributed by atoms with Gasteiger partial charge in [0, 0.05) is 16.1 Å². The summed E-state index contributed by atoms with van der Waals surface area (Å²) in [5.41, 5.74) is 6.80. The van der Waals surface area contributed by atoms with E-state index in [2.05, 4.69) is 20.9 Å². The number of rotatable bonds is 2. The van der Waals surface area contributed by atoms with Gasteiger partial charge in [0.25, 0.3) is 0 Å². The van der Waals surface area contributed by atoms with Crippen LogP contribution in [0.3, 0.4) is 0 Å². The number of halogens is 1. The van der Waals surface area contributed by atoms with E-state index >= 15 is 0 Å². The minimum absolute atomic E-state index is 0.0803. The fraction of sp³-hybridized carbons (Fsp3) is 0. The predicted octanol–water partition coefficient (Wildman–Crippen LogP) is 3.00. The molecule has 17 heavy (non-hydrogen) atoms. The third-order valence-electron chi connectivity index (χ3n) is 2.25. The maximum Gasteiger partial charge on any atom is 0.311 e. The Labute approximate surface area is 106 Å². The number of hydrogen-bond donors (Lipinski definition) is 1. The summed E-state index contributed by atoms with van der Waals surface area (Å²) in [6.07, 6.45) is 0. The zero-order valence-electron chi connectivity index (χ0n) is 8.63. The van der Waals surface area contributed by atoms with Crippen LogP contribution in [0.1, 0.15) is 0 Å². The van der Waals surface area contributed by atoms with E-state index in [-0.39, 0.29) is 11.5 Å². The van der Waals surface area contributed by atoms with E-state index in [1.807, 2.05) is 24.3 Å². The van der Waals surface area contributed by atoms with Crippen LogP contribution in [0, 0.1) is 10.1 Å². The molecule has 5 nitrogen and oxygen atoms in total. The number of benzene rings is 1. The van der Waals surface area contributed by atoms with Gasteiger partial charge in [0.15, 0.2) is 0 Å². The average molecular weight is 294 g/mol. The number of hydrogen-bond acceptors (Lipinski definition) is 4. The highest BCUT2D eigenvalue weighted by molar-refractivity contribution is 9.10. The molecule has 0 fully saturated rings. The minimum atomic E-state index is -0.549. The summed E-state index contributed by atoms with van der Waals surface area (Å²) in [6.45, 7) is 0. The normalized spacial score (nSPS) is 10.2. The molecule has 0 aliphatic heterocycles. The zero-order chi connectivity index (χ0) is 12.4. The first-order valence-corrected chi connectivity index (χ1v) is 5.54. The van der Waals surface area contributed by atoms with E-state index < -0.39 is 4.92 Å². The van der Waals surface area contributed by atoms with Crippen LogP contribution < -0.4 is 5.73 Å². The Kier molecular flexibility index (Phi) is 3.06. The fourth-order valence-electron chi connectivity index (χ4n) is 1.44. The molecule has 1 aromatic heterocycles. The van der Waals surface area contributed by atoms with E-state index in [1.165, 1.54) is 6.07 Å². The van der Waals surface area contributed by atoms with Gasteiger partial charge in [0.1, 0.15) is 0 Å². The highest BCUT2D eigenvalue weighted by Crippen LogP contribution is 2.29. The number of nitrogens with two attached hydrogens (primary N) is 1. The molecule has 0 spiro atoms. The molecule has 0 atom stereocenters. The quantitative estimate of drug-likeness (QED) is 0.681. The summed E-state index contributed by atoms with van der Waals surface area (Å²) in [6, 6.07) is 10.4. The smallest absolute Gasteiger partial charge is 0.311 e. The number of aromatic nitrogens is 1. The van der Waals surface area contributed by atoms with Crippen LogP contribution in [0.25, 0.3) is 11.3 Å². The second-order valence-electron chi connectivity index (χ2n) is 3.34. The molecule has 2 aromatic rings. The Morgan fingerprint density at radius 2 is 1.94 bits per heavy atom. The van der Waals surface area contributed by atoms with Gasteiger partial charge in [0.2, 0.25) is 5.82 Å². The maximum atomic E-state index is 10.6. The van der Waals surface area contributed by atoms with E-state index in [0.717, 1.165) is 10.0 Å². The Bertz CT molecular complexity index is 587. The first-order valence-electron chi connectivity index (χ1n) is 4.75. The number of nitrogens with zero attached hydrogens (tertiary/aromatic N) is 2. The summed E-state index contributed by atoms with van der Waals surface area (Å²) >= 11 is 3.39. The Morgan fingerprint density at radius 3 is 2.53 bits per heavy atom. The lowest BCUT2D eigenvalue weighted by Crippen LogP contribution is -1.99. The Balaban J connectivity index is 2.52. The van der Waals surface area contributed by atoms with Crippen LogP contribution in [0.2, 0.25) is 0 Å². The van der Waals surface area contributed by atoms with Gasteiger partial charge in [-0.25, -0.2) is 4.98 Å². The van der Waals surface area contributed by atoms with Crippen molar-refractivity contribution in [1.29, 1.82) is 0 Å². The molecule has 0 saturated heterocycles. The van der Waals surface area contributed by atoms with Crippen molar-refractivity contribution in [3.05, 3.63) is 51.0 Å². The van der Waals surface area contributed by atoms with Gasteiger partial charge < -0.3 is 5.73 Å². The second-order valence-corrected chi connectivity index (χ2v) is 4.19. The summed E-state index contributed by atoms with van der Waals surface area (Å²) in [5.74, 6) is -0.0803. The van der Waals surface area contributed by atoms with E-state index in [4.69, 9.17) is 5.73 Å². The van der Waals surface area contributed by atoms with Crippen LogP contribution in [-0.2, 0) is 0 Å². The third-order valence-corrected chi connectivity index (χ3v) is 2.94. The molecule has 0 radical (unpaired) electrons. The van der Waals surface area contributed by atoms with Crippen molar-refractivity contribution >= 4 is 27.4 Å². The summed E-state index contributed by atoms with van der Waals surface area (Å²) in [7, 11) is 0. The highest BCUT2D eigenvalue weighted by atomic mass is 79.9. The molecule has 0 amide bonds. The molecule has 6 heteroatoms. The summed E-state index contributed by atoms with van der Waals surface area (Å²) in [5, 5.41) is 10.6. The molecule has 0 aliphatic rings. The van der Waals surface area contributed by atoms with E-state index in [1.54, 1.807) is 6.07 Å². The fourth-order valence-corrected chi connectivity index (χ4v) is 1.93. The third kappa shape index (κ3) is 2.26. The number of pyridine rings is 1. The van der Waals surface area contributed by atoms with Gasteiger partial charge in [-0.05, 0) is 12.1 Å². The lowest BCUT2D eigenvalue weighted by Gasteiger charge is -2.04. The van der Waals surface area contributed by atoms with Crippen molar-refractivity contribution in [3.8, 4) is 11.3 Å². The van der Waals surface area contributed by atoms with Crippen molar-refractivity contribution in [1.82, 2.24) is 4.98 Å². The van der Waals surface area contributed by atoms with Crippen molar-refractivity contribution in [2.24, 2.45) is 0 Å². The molecule has 1 heterocycles. The van der Waals surface area contributed by atoms with Crippen molar-refractivity contribution in [3.63, 3.8) is 0 Å². The molecular formula is C11H8BrN3O2. The molecule has 86 valence electrons. The highest BCUT2D eigenvalue weighted by Gasteiger charge is 2.14. The zero-order valence-corrected chi connectivity index (χ0v) is 10.2. The lowest BCUT2D eigenvalue weighted by molar-refractivity contribution is -0.384. The van der Waals surface area contributed by atoms with Gasteiger partial charge in [-0.2, -0.15) is 0 Å². The van der Waals surface area contributed by atoms with Crippen LogP contribution in [0.15, 0.2) is 40.9 Å². The number of anilines is 1. The minimum Gasteiger partial charge on any atom is -0.378 e. The van der Waals surface area contributed by atoms with E-state index in [0.29, 0.717) is 5.69 Å². The topological polar surface area (TPSA) is 82.0 Å². The van der Waals surface area contributed by atoms with Crippen molar-refractivity contribution < 1.29 is 4.92 Å².